The van der Waals surface area contributed by atoms with Crippen molar-refractivity contribution in [2.45, 2.75) is 71.4 Å². The van der Waals surface area contributed by atoms with E-state index in [0.29, 0.717) is 30.0 Å². The van der Waals surface area contributed by atoms with E-state index in [1.54, 1.807) is 30.5 Å². The molecule has 2 atom stereocenters. The van der Waals surface area contributed by atoms with Crippen molar-refractivity contribution in [2.75, 3.05) is 18.5 Å². The standard InChI is InChI=1S/C31H37N7O3S/c1-6-10-21-11-7-8-12-22(21)17-31(4,32)30-36-35-27(41-30)24-15-23(16-26(34-24)37(5)20(3)39)29(40)38-14-9-13-25(38)28-33-19(2)18-42-28/h7-8,11-12,15-16,18,25H,6,9-10,13-14,17,32H2,1-5H3. The van der Waals surface area contributed by atoms with Gasteiger partial charge >= 0.3 is 0 Å². The van der Waals surface area contributed by atoms with Gasteiger partial charge < -0.3 is 20.0 Å². The van der Waals surface area contributed by atoms with Gasteiger partial charge in [0.15, 0.2) is 0 Å². The van der Waals surface area contributed by atoms with Crippen LogP contribution in [0.2, 0.25) is 0 Å². The lowest BCUT2D eigenvalue weighted by atomic mass is 9.90. The Hall–Kier alpha value is -3.96. The van der Waals surface area contributed by atoms with E-state index in [4.69, 9.17) is 10.2 Å². The number of aromatic nitrogens is 4. The average Bonchev–Trinajstić information content (AvgIpc) is 3.74. The number of thiazole rings is 1. The molecule has 1 aliphatic rings. The molecule has 1 aliphatic heterocycles. The van der Waals surface area contributed by atoms with Crippen LogP contribution < -0.4 is 10.6 Å². The first kappa shape index (κ1) is 29.5. The van der Waals surface area contributed by atoms with Gasteiger partial charge in [-0.1, -0.05) is 37.6 Å². The molecule has 0 bridgehead atoms. The van der Waals surface area contributed by atoms with E-state index in [-0.39, 0.29) is 29.6 Å². The predicted molar refractivity (Wildman–Crippen MR) is 162 cm³/mol. The SMILES string of the molecule is CCCc1ccccc1CC(C)(N)c1nnc(-c2cc(C(=O)N3CCCC3c3nc(C)cs3)cc(N(C)C(C)=O)n2)o1. The van der Waals surface area contributed by atoms with Crippen molar-refractivity contribution in [3.63, 3.8) is 0 Å². The van der Waals surface area contributed by atoms with Crippen molar-refractivity contribution in [2.24, 2.45) is 5.73 Å². The number of hydrogen-bond donors (Lipinski definition) is 1. The number of likely N-dealkylation sites (tertiary alicyclic amines) is 1. The molecule has 0 saturated carbocycles. The molecule has 3 aromatic heterocycles. The smallest absolute Gasteiger partial charge is 0.266 e. The second kappa shape index (κ2) is 12.1. The van der Waals surface area contributed by atoms with Crippen LogP contribution in [-0.4, -0.2) is 50.5 Å². The Kier molecular flexibility index (Phi) is 8.51. The molecule has 2 amide bonds. The summed E-state index contributed by atoms with van der Waals surface area (Å²) in [7, 11) is 1.61. The number of nitrogens with two attached hydrogens (primary N) is 1. The summed E-state index contributed by atoms with van der Waals surface area (Å²) in [5.41, 5.74) is 9.81. The van der Waals surface area contributed by atoms with Crippen LogP contribution in [0.15, 0.2) is 46.2 Å². The largest absolute Gasteiger partial charge is 0.417 e. The molecule has 2 unspecified atom stereocenters. The summed E-state index contributed by atoms with van der Waals surface area (Å²) >= 11 is 1.57. The van der Waals surface area contributed by atoms with Gasteiger partial charge in [0, 0.05) is 37.2 Å². The molecule has 0 radical (unpaired) electrons. The Balaban J connectivity index is 1.48. The van der Waals surface area contributed by atoms with E-state index in [0.717, 1.165) is 41.9 Å². The van der Waals surface area contributed by atoms with Crippen LogP contribution in [0.25, 0.3) is 11.6 Å². The number of benzene rings is 1. The fraction of sp³-hybridized carbons (Fsp3) is 0.419. The number of nitrogens with zero attached hydrogens (tertiary/aromatic N) is 6. The minimum atomic E-state index is -0.934. The molecule has 1 aromatic carbocycles. The molecule has 2 N–H and O–H groups in total. The summed E-state index contributed by atoms with van der Waals surface area (Å²) in [5, 5.41) is 11.5. The second-order valence-corrected chi connectivity index (χ2v) is 12.1. The van der Waals surface area contributed by atoms with Crippen molar-refractivity contribution in [3.8, 4) is 11.6 Å². The maximum atomic E-state index is 13.9. The Morgan fingerprint density at radius 1 is 1.19 bits per heavy atom. The zero-order valence-electron chi connectivity index (χ0n) is 24.8. The summed E-state index contributed by atoms with van der Waals surface area (Å²) in [4.78, 5) is 38.7. The summed E-state index contributed by atoms with van der Waals surface area (Å²) < 4.78 is 6.11. The van der Waals surface area contributed by atoms with Gasteiger partial charge in [-0.25, -0.2) is 9.97 Å². The quantitative estimate of drug-likeness (QED) is 0.282. The topological polar surface area (TPSA) is 131 Å². The lowest BCUT2D eigenvalue weighted by Gasteiger charge is -2.24. The van der Waals surface area contributed by atoms with Gasteiger partial charge in [0.2, 0.25) is 11.8 Å². The molecule has 11 heteroatoms. The maximum Gasteiger partial charge on any atom is 0.266 e. The second-order valence-electron chi connectivity index (χ2n) is 11.2. The van der Waals surface area contributed by atoms with Crippen molar-refractivity contribution >= 4 is 29.0 Å². The van der Waals surface area contributed by atoms with Gasteiger partial charge in [-0.15, -0.1) is 21.5 Å². The first-order valence-corrected chi connectivity index (χ1v) is 15.1. The number of pyridine rings is 1. The summed E-state index contributed by atoms with van der Waals surface area (Å²) in [6.07, 6.45) is 4.24. The van der Waals surface area contributed by atoms with Gasteiger partial charge in [0.25, 0.3) is 11.8 Å². The number of rotatable bonds is 9. The molecule has 1 saturated heterocycles. The molecule has 4 heterocycles. The van der Waals surface area contributed by atoms with Crippen molar-refractivity contribution in [1.82, 2.24) is 25.1 Å². The van der Waals surface area contributed by atoms with Crippen molar-refractivity contribution < 1.29 is 14.0 Å². The van der Waals surface area contributed by atoms with E-state index >= 15 is 0 Å². The Labute approximate surface area is 250 Å². The highest BCUT2D eigenvalue weighted by Gasteiger charge is 2.34. The van der Waals surface area contributed by atoms with Crippen LogP contribution in [0.4, 0.5) is 5.82 Å². The third-order valence-electron chi connectivity index (χ3n) is 7.64. The van der Waals surface area contributed by atoms with Gasteiger partial charge in [0.1, 0.15) is 16.5 Å². The maximum absolute atomic E-state index is 13.9. The van der Waals surface area contributed by atoms with Crippen LogP contribution in [0.1, 0.15) is 84.2 Å². The third kappa shape index (κ3) is 6.12. The Bertz CT molecular complexity index is 1590. The monoisotopic (exact) mass is 587 g/mol. The number of anilines is 1. The van der Waals surface area contributed by atoms with Crippen LogP contribution >= 0.6 is 11.3 Å². The summed E-state index contributed by atoms with van der Waals surface area (Å²) in [6.45, 7) is 8.03. The zero-order chi connectivity index (χ0) is 30.0. The van der Waals surface area contributed by atoms with Gasteiger partial charge in [-0.3, -0.25) is 9.59 Å². The number of carbonyl (C=O) groups is 2. The van der Waals surface area contributed by atoms with E-state index in [1.807, 2.05) is 36.3 Å². The van der Waals surface area contributed by atoms with Crippen LogP contribution in [0.5, 0.6) is 0 Å². The average molecular weight is 588 g/mol. The molecule has 5 rings (SSSR count). The van der Waals surface area contributed by atoms with Gasteiger partial charge in [-0.05, 0) is 62.8 Å². The number of amides is 2. The highest BCUT2D eigenvalue weighted by Crippen LogP contribution is 2.36. The van der Waals surface area contributed by atoms with E-state index in [1.165, 1.54) is 17.4 Å². The zero-order valence-corrected chi connectivity index (χ0v) is 25.6. The molecule has 4 aromatic rings. The molecule has 1 fully saturated rings. The van der Waals surface area contributed by atoms with E-state index in [9.17, 15) is 9.59 Å². The molecule has 0 aliphatic carbocycles. The van der Waals surface area contributed by atoms with Crippen molar-refractivity contribution in [1.29, 1.82) is 0 Å². The normalized spacial score (nSPS) is 16.4. The molecule has 42 heavy (non-hydrogen) atoms. The first-order chi connectivity index (χ1) is 20.1. The highest BCUT2D eigenvalue weighted by molar-refractivity contribution is 7.09. The summed E-state index contributed by atoms with van der Waals surface area (Å²) in [5.74, 6) is 0.324. The van der Waals surface area contributed by atoms with Gasteiger partial charge in [-0.2, -0.15) is 0 Å². The highest BCUT2D eigenvalue weighted by atomic mass is 32.1. The number of aryl methyl sites for hydroxylation is 2. The van der Waals surface area contributed by atoms with E-state index in [2.05, 4.69) is 39.2 Å². The molecular weight excluding hydrogens is 550 g/mol. The van der Waals surface area contributed by atoms with Gasteiger partial charge in [0.05, 0.1) is 11.6 Å². The lowest BCUT2D eigenvalue weighted by Crippen LogP contribution is -2.36. The number of carbonyl (C=O) groups excluding carboxylic acids is 2. The Morgan fingerprint density at radius 2 is 1.95 bits per heavy atom. The minimum Gasteiger partial charge on any atom is -0.417 e. The third-order valence-corrected chi connectivity index (χ3v) is 8.70. The molecule has 220 valence electrons. The predicted octanol–water partition coefficient (Wildman–Crippen LogP) is 5.23. The van der Waals surface area contributed by atoms with Crippen molar-refractivity contribution in [3.05, 3.63) is 75.1 Å². The minimum absolute atomic E-state index is 0.0923. The molecular formula is C31H37N7O3S. The summed E-state index contributed by atoms with van der Waals surface area (Å²) in [6, 6.07) is 11.4. The number of hydrogen-bond acceptors (Lipinski definition) is 9. The molecule has 0 spiro atoms. The first-order valence-electron chi connectivity index (χ1n) is 14.3. The van der Waals surface area contributed by atoms with Crippen LogP contribution in [0, 0.1) is 6.92 Å². The van der Waals surface area contributed by atoms with Crippen LogP contribution in [0.3, 0.4) is 0 Å². The van der Waals surface area contributed by atoms with E-state index < -0.39 is 5.54 Å². The molecule has 10 nitrogen and oxygen atoms in total. The van der Waals surface area contributed by atoms with Crippen LogP contribution in [-0.2, 0) is 23.2 Å². The Morgan fingerprint density at radius 3 is 2.64 bits per heavy atom. The fourth-order valence-corrected chi connectivity index (χ4v) is 6.25. The lowest BCUT2D eigenvalue weighted by molar-refractivity contribution is -0.116. The fourth-order valence-electron chi connectivity index (χ4n) is 5.31.